The SMILES string of the molecule is CCNC(=NCC(C)c1cccc(C)c1)NCCS(=O)(=O)c1ccccc1. The molecular formula is C21H29N3O2S. The maximum absolute atomic E-state index is 12.4. The minimum absolute atomic E-state index is 0.0227. The zero-order chi connectivity index (χ0) is 19.7. The van der Waals surface area contributed by atoms with E-state index in [-0.39, 0.29) is 11.7 Å². The Morgan fingerprint density at radius 1 is 1.07 bits per heavy atom. The highest BCUT2D eigenvalue weighted by molar-refractivity contribution is 7.91. The van der Waals surface area contributed by atoms with E-state index < -0.39 is 9.84 Å². The maximum Gasteiger partial charge on any atom is 0.191 e. The van der Waals surface area contributed by atoms with E-state index >= 15 is 0 Å². The van der Waals surface area contributed by atoms with E-state index in [4.69, 9.17) is 0 Å². The molecule has 2 aromatic rings. The molecule has 0 aliphatic heterocycles. The lowest BCUT2D eigenvalue weighted by molar-refractivity contribution is 0.594. The van der Waals surface area contributed by atoms with Gasteiger partial charge < -0.3 is 10.6 Å². The zero-order valence-electron chi connectivity index (χ0n) is 16.3. The largest absolute Gasteiger partial charge is 0.357 e. The van der Waals surface area contributed by atoms with Gasteiger partial charge in [0, 0.05) is 25.6 Å². The first kappa shape index (κ1) is 21.0. The smallest absolute Gasteiger partial charge is 0.191 e. The van der Waals surface area contributed by atoms with Crippen molar-refractivity contribution in [1.82, 2.24) is 10.6 Å². The molecule has 5 nitrogen and oxygen atoms in total. The Morgan fingerprint density at radius 3 is 2.48 bits per heavy atom. The van der Waals surface area contributed by atoms with Crippen LogP contribution in [0.2, 0.25) is 0 Å². The van der Waals surface area contributed by atoms with Gasteiger partial charge in [-0.25, -0.2) is 8.42 Å². The van der Waals surface area contributed by atoms with Gasteiger partial charge in [0.05, 0.1) is 10.6 Å². The Labute approximate surface area is 162 Å². The molecule has 0 fully saturated rings. The molecule has 0 bridgehead atoms. The highest BCUT2D eigenvalue weighted by atomic mass is 32.2. The second-order valence-electron chi connectivity index (χ2n) is 6.59. The van der Waals surface area contributed by atoms with Gasteiger partial charge in [-0.3, -0.25) is 4.99 Å². The number of nitrogens with one attached hydrogen (secondary N) is 2. The van der Waals surface area contributed by atoms with Crippen molar-refractivity contribution in [3.05, 3.63) is 65.7 Å². The van der Waals surface area contributed by atoms with Crippen molar-refractivity contribution in [2.45, 2.75) is 31.6 Å². The fourth-order valence-corrected chi connectivity index (χ4v) is 3.88. The Morgan fingerprint density at radius 2 is 1.81 bits per heavy atom. The van der Waals surface area contributed by atoms with E-state index in [0.717, 1.165) is 6.54 Å². The van der Waals surface area contributed by atoms with Crippen LogP contribution >= 0.6 is 0 Å². The monoisotopic (exact) mass is 387 g/mol. The summed E-state index contributed by atoms with van der Waals surface area (Å²) in [6.45, 7) is 7.87. The van der Waals surface area contributed by atoms with Gasteiger partial charge in [0.1, 0.15) is 0 Å². The van der Waals surface area contributed by atoms with E-state index in [1.165, 1.54) is 11.1 Å². The summed E-state index contributed by atoms with van der Waals surface area (Å²) >= 11 is 0. The summed E-state index contributed by atoms with van der Waals surface area (Å²) in [7, 11) is -3.30. The van der Waals surface area contributed by atoms with Crippen LogP contribution in [0.4, 0.5) is 0 Å². The molecule has 0 aliphatic rings. The Balaban J connectivity index is 1.93. The van der Waals surface area contributed by atoms with E-state index in [1.54, 1.807) is 24.3 Å². The molecule has 0 heterocycles. The highest BCUT2D eigenvalue weighted by Crippen LogP contribution is 2.16. The zero-order valence-corrected chi connectivity index (χ0v) is 17.1. The lowest BCUT2D eigenvalue weighted by Gasteiger charge is -2.14. The number of guanidine groups is 1. The number of aryl methyl sites for hydroxylation is 1. The Kier molecular flexibility index (Phi) is 7.85. The predicted molar refractivity (Wildman–Crippen MR) is 112 cm³/mol. The first-order chi connectivity index (χ1) is 12.9. The van der Waals surface area contributed by atoms with Crippen molar-refractivity contribution in [3.8, 4) is 0 Å². The summed E-state index contributed by atoms with van der Waals surface area (Å²) in [6, 6.07) is 16.9. The van der Waals surface area contributed by atoms with Gasteiger partial charge >= 0.3 is 0 Å². The van der Waals surface area contributed by atoms with Gasteiger partial charge in [-0.1, -0.05) is 55.0 Å². The van der Waals surface area contributed by atoms with Crippen LogP contribution in [0, 0.1) is 6.92 Å². The van der Waals surface area contributed by atoms with Crippen molar-refractivity contribution in [3.63, 3.8) is 0 Å². The van der Waals surface area contributed by atoms with Crippen LogP contribution < -0.4 is 10.6 Å². The molecule has 0 aromatic heterocycles. The molecule has 0 spiro atoms. The summed E-state index contributed by atoms with van der Waals surface area (Å²) in [4.78, 5) is 4.96. The summed E-state index contributed by atoms with van der Waals surface area (Å²) in [5, 5.41) is 6.30. The van der Waals surface area contributed by atoms with Crippen LogP contribution in [0.25, 0.3) is 0 Å². The predicted octanol–water partition coefficient (Wildman–Crippen LogP) is 3.13. The van der Waals surface area contributed by atoms with Crippen LogP contribution in [0.1, 0.15) is 30.9 Å². The minimum Gasteiger partial charge on any atom is -0.357 e. The molecule has 27 heavy (non-hydrogen) atoms. The summed E-state index contributed by atoms with van der Waals surface area (Å²) in [5.41, 5.74) is 2.49. The molecule has 1 unspecified atom stereocenters. The molecule has 146 valence electrons. The first-order valence-electron chi connectivity index (χ1n) is 9.29. The molecule has 1 atom stereocenters. The molecule has 2 N–H and O–H groups in total. The number of sulfone groups is 1. The van der Waals surface area contributed by atoms with Crippen LogP contribution in [0.5, 0.6) is 0 Å². The third-order valence-corrected chi connectivity index (χ3v) is 5.98. The third-order valence-electron chi connectivity index (χ3n) is 4.24. The molecule has 6 heteroatoms. The average Bonchev–Trinajstić information content (AvgIpc) is 2.66. The maximum atomic E-state index is 12.4. The first-order valence-corrected chi connectivity index (χ1v) is 10.9. The Hall–Kier alpha value is -2.34. The highest BCUT2D eigenvalue weighted by Gasteiger charge is 2.13. The fraction of sp³-hybridized carbons (Fsp3) is 0.381. The van der Waals surface area contributed by atoms with Crippen molar-refractivity contribution in [2.75, 3.05) is 25.4 Å². The van der Waals surface area contributed by atoms with E-state index in [9.17, 15) is 8.42 Å². The fourth-order valence-electron chi connectivity index (χ4n) is 2.70. The second-order valence-corrected chi connectivity index (χ2v) is 8.70. The van der Waals surface area contributed by atoms with Gasteiger partial charge in [0.15, 0.2) is 15.8 Å². The molecular weight excluding hydrogens is 358 g/mol. The van der Waals surface area contributed by atoms with E-state index in [1.807, 2.05) is 13.0 Å². The summed E-state index contributed by atoms with van der Waals surface area (Å²) in [5.74, 6) is 0.947. The number of aliphatic imine (C=N–C) groups is 1. The van der Waals surface area contributed by atoms with Gasteiger partial charge in [-0.2, -0.15) is 0 Å². The normalized spacial score (nSPS) is 13.2. The van der Waals surface area contributed by atoms with Crippen molar-refractivity contribution < 1.29 is 8.42 Å². The van der Waals surface area contributed by atoms with Gasteiger partial charge in [0.25, 0.3) is 0 Å². The number of hydrogen-bond donors (Lipinski definition) is 2. The number of hydrogen-bond acceptors (Lipinski definition) is 3. The van der Waals surface area contributed by atoms with Crippen LogP contribution in [-0.2, 0) is 9.84 Å². The van der Waals surface area contributed by atoms with Crippen molar-refractivity contribution in [2.24, 2.45) is 4.99 Å². The van der Waals surface area contributed by atoms with Crippen molar-refractivity contribution >= 4 is 15.8 Å². The molecule has 2 aromatic carbocycles. The molecule has 0 amide bonds. The van der Waals surface area contributed by atoms with Crippen molar-refractivity contribution in [1.29, 1.82) is 0 Å². The molecule has 0 radical (unpaired) electrons. The van der Waals surface area contributed by atoms with Crippen LogP contribution in [0.3, 0.4) is 0 Å². The van der Waals surface area contributed by atoms with E-state index in [2.05, 4.69) is 53.7 Å². The molecule has 2 rings (SSSR count). The average molecular weight is 388 g/mol. The van der Waals surface area contributed by atoms with Gasteiger partial charge in [-0.05, 0) is 31.5 Å². The van der Waals surface area contributed by atoms with Crippen LogP contribution in [0.15, 0.2) is 64.5 Å². The second kappa shape index (κ2) is 10.1. The summed E-state index contributed by atoms with van der Waals surface area (Å²) < 4.78 is 24.7. The van der Waals surface area contributed by atoms with Crippen LogP contribution in [-0.4, -0.2) is 39.8 Å². The molecule has 0 saturated carbocycles. The molecule has 0 saturated heterocycles. The van der Waals surface area contributed by atoms with Gasteiger partial charge in [-0.15, -0.1) is 0 Å². The number of nitrogens with zero attached hydrogens (tertiary/aromatic N) is 1. The summed E-state index contributed by atoms with van der Waals surface area (Å²) in [6.07, 6.45) is 0. The Bertz CT molecular complexity index is 849. The number of benzene rings is 2. The lowest BCUT2D eigenvalue weighted by atomic mass is 10.00. The minimum atomic E-state index is -3.30. The molecule has 0 aliphatic carbocycles. The quantitative estimate of drug-likeness (QED) is 0.539. The standard InChI is InChI=1S/C21H29N3O2S/c1-4-22-21(24-16-18(3)19-10-8-9-17(2)15-19)23-13-14-27(25,26)20-11-6-5-7-12-20/h5-12,15,18H,4,13-14,16H2,1-3H3,(H2,22,23,24). The van der Waals surface area contributed by atoms with Gasteiger partial charge in [0.2, 0.25) is 0 Å². The lowest BCUT2D eigenvalue weighted by Crippen LogP contribution is -2.39. The third kappa shape index (κ3) is 6.71. The van der Waals surface area contributed by atoms with E-state index in [0.29, 0.717) is 23.9 Å². The number of rotatable bonds is 8. The topological polar surface area (TPSA) is 70.6 Å².